The number of hydrogen-bond acceptors (Lipinski definition) is 3. The Bertz CT molecular complexity index is 542. The van der Waals surface area contributed by atoms with Crippen LogP contribution in [0.3, 0.4) is 0 Å². The summed E-state index contributed by atoms with van der Waals surface area (Å²) in [7, 11) is 0. The van der Waals surface area contributed by atoms with Crippen LogP contribution >= 0.6 is 15.9 Å². The second-order valence-corrected chi connectivity index (χ2v) is 6.16. The Hall–Kier alpha value is -0.840. The Kier molecular flexibility index (Phi) is 3.80. The SMILES string of the molecule is CC(NCC(C)(C)O)c1cc2cc(Br)ccc2o1. The predicted octanol–water partition coefficient (Wildman–Crippen LogP) is 3.62. The molecular weight excluding hydrogens is 294 g/mol. The lowest BCUT2D eigenvalue weighted by Gasteiger charge is -2.20. The molecule has 0 aliphatic carbocycles. The highest BCUT2D eigenvalue weighted by molar-refractivity contribution is 9.10. The summed E-state index contributed by atoms with van der Waals surface area (Å²) in [5, 5.41) is 14.0. The molecule has 0 saturated heterocycles. The van der Waals surface area contributed by atoms with Crippen molar-refractivity contribution in [1.82, 2.24) is 5.32 Å². The molecule has 0 aliphatic rings. The summed E-state index contributed by atoms with van der Waals surface area (Å²) < 4.78 is 6.83. The van der Waals surface area contributed by atoms with E-state index in [1.54, 1.807) is 13.8 Å². The molecule has 0 bridgehead atoms. The van der Waals surface area contributed by atoms with Crippen LogP contribution in [0.2, 0.25) is 0 Å². The third-order valence-electron chi connectivity index (χ3n) is 2.77. The third-order valence-corrected chi connectivity index (χ3v) is 3.26. The van der Waals surface area contributed by atoms with Crippen molar-refractivity contribution in [2.24, 2.45) is 0 Å². The van der Waals surface area contributed by atoms with Crippen molar-refractivity contribution < 1.29 is 9.52 Å². The number of nitrogens with one attached hydrogen (secondary N) is 1. The van der Waals surface area contributed by atoms with E-state index in [0.29, 0.717) is 6.54 Å². The van der Waals surface area contributed by atoms with Crippen molar-refractivity contribution in [3.05, 3.63) is 34.5 Å². The quantitative estimate of drug-likeness (QED) is 0.906. The maximum Gasteiger partial charge on any atom is 0.134 e. The molecule has 0 fully saturated rings. The van der Waals surface area contributed by atoms with Gasteiger partial charge < -0.3 is 14.8 Å². The van der Waals surface area contributed by atoms with E-state index in [1.807, 2.05) is 31.2 Å². The summed E-state index contributed by atoms with van der Waals surface area (Å²) in [5.74, 6) is 0.882. The minimum absolute atomic E-state index is 0.0719. The molecule has 18 heavy (non-hydrogen) atoms. The van der Waals surface area contributed by atoms with Gasteiger partial charge in [0.05, 0.1) is 11.6 Å². The summed E-state index contributed by atoms with van der Waals surface area (Å²) in [6, 6.07) is 8.05. The molecule has 0 amide bonds. The van der Waals surface area contributed by atoms with Crippen LogP contribution < -0.4 is 5.32 Å². The molecule has 1 atom stereocenters. The Morgan fingerprint density at radius 1 is 1.39 bits per heavy atom. The number of furan rings is 1. The number of halogens is 1. The van der Waals surface area contributed by atoms with Gasteiger partial charge in [0.25, 0.3) is 0 Å². The molecule has 2 N–H and O–H groups in total. The molecule has 1 heterocycles. The highest BCUT2D eigenvalue weighted by Gasteiger charge is 2.16. The molecule has 0 aliphatic heterocycles. The average Bonchev–Trinajstić information content (AvgIpc) is 2.67. The number of aliphatic hydroxyl groups is 1. The number of hydrogen-bond donors (Lipinski definition) is 2. The second-order valence-electron chi connectivity index (χ2n) is 5.25. The summed E-state index contributed by atoms with van der Waals surface area (Å²) in [5.41, 5.74) is 0.161. The van der Waals surface area contributed by atoms with Crippen LogP contribution in [-0.2, 0) is 0 Å². The van der Waals surface area contributed by atoms with E-state index >= 15 is 0 Å². The largest absolute Gasteiger partial charge is 0.459 e. The molecule has 1 aromatic heterocycles. The van der Waals surface area contributed by atoms with Crippen LogP contribution in [0.15, 0.2) is 33.2 Å². The monoisotopic (exact) mass is 311 g/mol. The predicted molar refractivity (Wildman–Crippen MR) is 76.6 cm³/mol. The van der Waals surface area contributed by atoms with Gasteiger partial charge in [0.1, 0.15) is 11.3 Å². The first-order valence-corrected chi connectivity index (χ1v) is 6.79. The van der Waals surface area contributed by atoms with Gasteiger partial charge in [-0.15, -0.1) is 0 Å². The lowest BCUT2D eigenvalue weighted by Crippen LogP contribution is -2.35. The molecule has 2 rings (SSSR count). The first-order valence-electron chi connectivity index (χ1n) is 6.00. The number of benzene rings is 1. The van der Waals surface area contributed by atoms with E-state index in [1.165, 1.54) is 0 Å². The van der Waals surface area contributed by atoms with Crippen molar-refractivity contribution in [2.45, 2.75) is 32.4 Å². The van der Waals surface area contributed by atoms with Gasteiger partial charge in [0.2, 0.25) is 0 Å². The van der Waals surface area contributed by atoms with Gasteiger partial charge in [-0.25, -0.2) is 0 Å². The maximum absolute atomic E-state index is 9.69. The molecule has 3 nitrogen and oxygen atoms in total. The van der Waals surface area contributed by atoms with E-state index in [-0.39, 0.29) is 6.04 Å². The fraction of sp³-hybridized carbons (Fsp3) is 0.429. The number of rotatable bonds is 4. The lowest BCUT2D eigenvalue weighted by atomic mass is 10.1. The van der Waals surface area contributed by atoms with Gasteiger partial charge >= 0.3 is 0 Å². The zero-order chi connectivity index (χ0) is 13.3. The van der Waals surface area contributed by atoms with Crippen LogP contribution in [0.25, 0.3) is 11.0 Å². The van der Waals surface area contributed by atoms with Gasteiger partial charge in [-0.1, -0.05) is 15.9 Å². The highest BCUT2D eigenvalue weighted by atomic mass is 79.9. The summed E-state index contributed by atoms with van der Waals surface area (Å²) in [6.07, 6.45) is 0. The molecule has 2 aromatic rings. The summed E-state index contributed by atoms with van der Waals surface area (Å²) >= 11 is 3.45. The average molecular weight is 312 g/mol. The molecular formula is C14H18BrNO2. The molecule has 0 radical (unpaired) electrons. The number of fused-ring (bicyclic) bond motifs is 1. The van der Waals surface area contributed by atoms with E-state index in [0.717, 1.165) is 21.2 Å². The first kappa shape index (κ1) is 13.6. The Morgan fingerprint density at radius 3 is 2.78 bits per heavy atom. The molecule has 98 valence electrons. The fourth-order valence-electron chi connectivity index (χ4n) is 1.75. The van der Waals surface area contributed by atoms with E-state index in [4.69, 9.17) is 4.42 Å². The lowest BCUT2D eigenvalue weighted by molar-refractivity contribution is 0.0763. The second kappa shape index (κ2) is 5.03. The molecule has 4 heteroatoms. The molecule has 1 aromatic carbocycles. The Morgan fingerprint density at radius 2 is 2.11 bits per heavy atom. The molecule has 0 saturated carbocycles. The smallest absolute Gasteiger partial charge is 0.134 e. The van der Waals surface area contributed by atoms with Crippen molar-refractivity contribution >= 4 is 26.9 Å². The fourth-order valence-corrected chi connectivity index (χ4v) is 2.13. The minimum atomic E-state index is -0.719. The normalized spacial score (nSPS) is 14.1. The third kappa shape index (κ3) is 3.34. The topological polar surface area (TPSA) is 45.4 Å². The molecule has 1 unspecified atom stereocenters. The van der Waals surface area contributed by atoms with Gasteiger partial charge in [0.15, 0.2) is 0 Å². The van der Waals surface area contributed by atoms with Crippen molar-refractivity contribution in [1.29, 1.82) is 0 Å². The summed E-state index contributed by atoms with van der Waals surface area (Å²) in [6.45, 7) is 6.11. The van der Waals surface area contributed by atoms with Crippen LogP contribution in [-0.4, -0.2) is 17.3 Å². The standard InChI is InChI=1S/C14H18BrNO2/c1-9(16-8-14(2,3)17)13-7-10-6-11(15)4-5-12(10)18-13/h4-7,9,16-17H,8H2,1-3H3. The minimum Gasteiger partial charge on any atom is -0.459 e. The van der Waals surface area contributed by atoms with Gasteiger partial charge in [-0.05, 0) is 45.0 Å². The highest BCUT2D eigenvalue weighted by Crippen LogP contribution is 2.26. The summed E-state index contributed by atoms with van der Waals surface area (Å²) in [4.78, 5) is 0. The molecule has 0 spiro atoms. The van der Waals surface area contributed by atoms with Gasteiger partial charge in [-0.3, -0.25) is 0 Å². The van der Waals surface area contributed by atoms with E-state index in [2.05, 4.69) is 21.2 Å². The first-order chi connectivity index (χ1) is 8.35. The van der Waals surface area contributed by atoms with Crippen LogP contribution in [0.4, 0.5) is 0 Å². The maximum atomic E-state index is 9.69. The van der Waals surface area contributed by atoms with Crippen molar-refractivity contribution in [3.63, 3.8) is 0 Å². The Balaban J connectivity index is 2.15. The van der Waals surface area contributed by atoms with Gasteiger partial charge in [-0.2, -0.15) is 0 Å². The zero-order valence-corrected chi connectivity index (χ0v) is 12.4. The zero-order valence-electron chi connectivity index (χ0n) is 10.8. The van der Waals surface area contributed by atoms with Crippen molar-refractivity contribution in [3.8, 4) is 0 Å². The van der Waals surface area contributed by atoms with E-state index in [9.17, 15) is 5.11 Å². The van der Waals surface area contributed by atoms with E-state index < -0.39 is 5.60 Å². The van der Waals surface area contributed by atoms with Crippen LogP contribution in [0, 0.1) is 0 Å². The Labute approximate surface area is 115 Å². The van der Waals surface area contributed by atoms with Gasteiger partial charge in [0, 0.05) is 16.4 Å². The van der Waals surface area contributed by atoms with Crippen LogP contribution in [0.1, 0.15) is 32.6 Å². The van der Waals surface area contributed by atoms with Crippen LogP contribution in [0.5, 0.6) is 0 Å². The van der Waals surface area contributed by atoms with Crippen molar-refractivity contribution in [2.75, 3.05) is 6.54 Å².